The number of aryl methyl sites for hydroxylation is 1. The second kappa shape index (κ2) is 6.14. The van der Waals surface area contributed by atoms with E-state index in [9.17, 15) is 14.5 Å². The number of nitrogens with zero attached hydrogens (tertiary/aromatic N) is 1. The van der Waals surface area contributed by atoms with E-state index in [0.717, 1.165) is 5.56 Å². The summed E-state index contributed by atoms with van der Waals surface area (Å²) in [6.45, 7) is 2.26. The number of hydrogen-bond acceptors (Lipinski definition) is 3. The normalized spacial score (nSPS) is 10.3. The summed E-state index contributed by atoms with van der Waals surface area (Å²) in [5.41, 5.74) is 2.22. The SMILES string of the molecule is Cc1cccc(NCCc2ccc(F)cc2)c1[N+](=O)[O-]. The molecule has 0 aromatic heterocycles. The van der Waals surface area contributed by atoms with E-state index in [4.69, 9.17) is 0 Å². The van der Waals surface area contributed by atoms with Gasteiger partial charge in [0.25, 0.3) is 5.69 Å². The largest absolute Gasteiger partial charge is 0.379 e. The molecule has 0 fully saturated rings. The fraction of sp³-hybridized carbons (Fsp3) is 0.200. The topological polar surface area (TPSA) is 55.2 Å². The second-order valence-corrected chi connectivity index (χ2v) is 4.53. The van der Waals surface area contributed by atoms with Gasteiger partial charge in [-0.3, -0.25) is 10.1 Å². The molecule has 0 aliphatic carbocycles. The van der Waals surface area contributed by atoms with Gasteiger partial charge in [-0.25, -0.2) is 4.39 Å². The maximum absolute atomic E-state index is 12.8. The second-order valence-electron chi connectivity index (χ2n) is 4.53. The van der Waals surface area contributed by atoms with Crippen LogP contribution in [0.3, 0.4) is 0 Å². The third-order valence-electron chi connectivity index (χ3n) is 3.06. The lowest BCUT2D eigenvalue weighted by Crippen LogP contribution is -2.07. The molecule has 0 radical (unpaired) electrons. The van der Waals surface area contributed by atoms with E-state index in [1.165, 1.54) is 12.1 Å². The fourth-order valence-electron chi connectivity index (χ4n) is 2.04. The fourth-order valence-corrected chi connectivity index (χ4v) is 2.04. The molecule has 104 valence electrons. The molecule has 0 aliphatic heterocycles. The highest BCUT2D eigenvalue weighted by molar-refractivity contribution is 5.65. The molecule has 2 aromatic carbocycles. The minimum absolute atomic E-state index is 0.103. The molecule has 1 N–H and O–H groups in total. The summed E-state index contributed by atoms with van der Waals surface area (Å²) in [5, 5.41) is 14.1. The van der Waals surface area contributed by atoms with Crippen LogP contribution in [0.25, 0.3) is 0 Å². The Morgan fingerprint density at radius 1 is 1.20 bits per heavy atom. The number of rotatable bonds is 5. The highest BCUT2D eigenvalue weighted by Crippen LogP contribution is 2.27. The number of para-hydroxylation sites is 1. The van der Waals surface area contributed by atoms with Crippen molar-refractivity contribution in [2.75, 3.05) is 11.9 Å². The first-order chi connectivity index (χ1) is 9.58. The number of nitrogens with one attached hydrogen (secondary N) is 1. The molecule has 0 heterocycles. The lowest BCUT2D eigenvalue weighted by molar-refractivity contribution is -0.384. The molecule has 0 saturated carbocycles. The van der Waals surface area contributed by atoms with Crippen LogP contribution in [0.2, 0.25) is 0 Å². The number of hydrogen-bond donors (Lipinski definition) is 1. The number of nitro groups is 1. The maximum Gasteiger partial charge on any atom is 0.295 e. The highest BCUT2D eigenvalue weighted by atomic mass is 19.1. The monoisotopic (exact) mass is 274 g/mol. The first-order valence-electron chi connectivity index (χ1n) is 6.30. The van der Waals surface area contributed by atoms with Crippen LogP contribution in [0.4, 0.5) is 15.8 Å². The third kappa shape index (κ3) is 3.32. The van der Waals surface area contributed by atoms with Gasteiger partial charge in [0.2, 0.25) is 0 Å². The Balaban J connectivity index is 2.02. The van der Waals surface area contributed by atoms with E-state index in [1.807, 2.05) is 0 Å². The molecular formula is C15H15FN2O2. The Hall–Kier alpha value is -2.43. The van der Waals surface area contributed by atoms with Crippen LogP contribution in [0, 0.1) is 22.9 Å². The minimum atomic E-state index is -0.379. The summed E-state index contributed by atoms with van der Waals surface area (Å²) < 4.78 is 12.8. The van der Waals surface area contributed by atoms with Crippen molar-refractivity contribution >= 4 is 11.4 Å². The lowest BCUT2D eigenvalue weighted by atomic mass is 10.1. The predicted molar refractivity (Wildman–Crippen MR) is 76.4 cm³/mol. The molecule has 20 heavy (non-hydrogen) atoms. The molecule has 0 spiro atoms. The van der Waals surface area contributed by atoms with Gasteiger partial charge >= 0.3 is 0 Å². The van der Waals surface area contributed by atoms with E-state index >= 15 is 0 Å². The van der Waals surface area contributed by atoms with Crippen molar-refractivity contribution in [3.8, 4) is 0 Å². The first kappa shape index (κ1) is 14.0. The van der Waals surface area contributed by atoms with E-state index in [2.05, 4.69) is 5.32 Å². The van der Waals surface area contributed by atoms with Gasteiger partial charge in [0.15, 0.2) is 0 Å². The summed E-state index contributed by atoms with van der Waals surface area (Å²) in [6.07, 6.45) is 0.672. The van der Waals surface area contributed by atoms with Crippen molar-refractivity contribution in [1.29, 1.82) is 0 Å². The minimum Gasteiger partial charge on any atom is -0.379 e. The van der Waals surface area contributed by atoms with Crippen molar-refractivity contribution in [3.63, 3.8) is 0 Å². The van der Waals surface area contributed by atoms with Crippen LogP contribution >= 0.6 is 0 Å². The maximum atomic E-state index is 12.8. The van der Waals surface area contributed by atoms with Gasteiger partial charge in [-0.05, 0) is 37.1 Å². The first-order valence-corrected chi connectivity index (χ1v) is 6.30. The Morgan fingerprint density at radius 2 is 1.90 bits per heavy atom. The van der Waals surface area contributed by atoms with Gasteiger partial charge in [0, 0.05) is 12.1 Å². The van der Waals surface area contributed by atoms with Gasteiger partial charge in [-0.1, -0.05) is 24.3 Å². The Morgan fingerprint density at radius 3 is 2.55 bits per heavy atom. The summed E-state index contributed by atoms with van der Waals surface area (Å²) in [4.78, 5) is 10.7. The van der Waals surface area contributed by atoms with Crippen molar-refractivity contribution in [3.05, 3.63) is 69.5 Å². The highest BCUT2D eigenvalue weighted by Gasteiger charge is 2.15. The van der Waals surface area contributed by atoms with Crippen molar-refractivity contribution in [2.24, 2.45) is 0 Å². The molecule has 0 amide bonds. The summed E-state index contributed by atoms with van der Waals surface area (Å²) in [6, 6.07) is 11.4. The lowest BCUT2D eigenvalue weighted by Gasteiger charge is -2.08. The zero-order valence-electron chi connectivity index (χ0n) is 11.1. The number of halogens is 1. The smallest absolute Gasteiger partial charge is 0.295 e. The van der Waals surface area contributed by atoms with Gasteiger partial charge in [-0.15, -0.1) is 0 Å². The summed E-state index contributed by atoms with van der Waals surface area (Å²) >= 11 is 0. The van der Waals surface area contributed by atoms with Gasteiger partial charge in [-0.2, -0.15) is 0 Å². The molecule has 2 aromatic rings. The van der Waals surface area contributed by atoms with Gasteiger partial charge in [0.1, 0.15) is 11.5 Å². The molecule has 5 heteroatoms. The van der Waals surface area contributed by atoms with Crippen LogP contribution in [0.15, 0.2) is 42.5 Å². The number of anilines is 1. The van der Waals surface area contributed by atoms with Gasteiger partial charge < -0.3 is 5.32 Å². The van der Waals surface area contributed by atoms with Crippen LogP contribution in [-0.2, 0) is 6.42 Å². The molecule has 4 nitrogen and oxygen atoms in total. The standard InChI is InChI=1S/C15H15FN2O2/c1-11-3-2-4-14(15(11)18(19)20)17-10-9-12-5-7-13(16)8-6-12/h2-8,17H,9-10H2,1H3. The zero-order valence-corrected chi connectivity index (χ0v) is 11.1. The number of nitro benzene ring substituents is 1. The third-order valence-corrected chi connectivity index (χ3v) is 3.06. The quantitative estimate of drug-likeness (QED) is 0.668. The van der Waals surface area contributed by atoms with E-state index in [1.54, 1.807) is 37.3 Å². The molecular weight excluding hydrogens is 259 g/mol. The van der Waals surface area contributed by atoms with E-state index in [-0.39, 0.29) is 16.4 Å². The van der Waals surface area contributed by atoms with Crippen LogP contribution in [-0.4, -0.2) is 11.5 Å². The van der Waals surface area contributed by atoms with E-state index < -0.39 is 0 Å². The molecule has 2 rings (SSSR count). The molecule has 0 bridgehead atoms. The van der Waals surface area contributed by atoms with Crippen LogP contribution < -0.4 is 5.32 Å². The van der Waals surface area contributed by atoms with Crippen molar-refractivity contribution < 1.29 is 9.31 Å². The predicted octanol–water partition coefficient (Wildman–Crippen LogP) is 3.70. The molecule has 0 atom stereocenters. The van der Waals surface area contributed by atoms with Crippen molar-refractivity contribution in [2.45, 2.75) is 13.3 Å². The Bertz CT molecular complexity index is 612. The summed E-state index contributed by atoms with van der Waals surface area (Å²) in [7, 11) is 0. The van der Waals surface area contributed by atoms with Crippen molar-refractivity contribution in [1.82, 2.24) is 0 Å². The average Bonchev–Trinajstić information content (AvgIpc) is 2.40. The zero-order chi connectivity index (χ0) is 14.5. The van der Waals surface area contributed by atoms with Crippen LogP contribution in [0.1, 0.15) is 11.1 Å². The molecule has 0 unspecified atom stereocenters. The molecule has 0 aliphatic rings. The van der Waals surface area contributed by atoms with Gasteiger partial charge in [0.05, 0.1) is 4.92 Å². The molecule has 0 saturated heterocycles. The average molecular weight is 274 g/mol. The number of benzene rings is 2. The van der Waals surface area contributed by atoms with Crippen LogP contribution in [0.5, 0.6) is 0 Å². The summed E-state index contributed by atoms with van der Waals surface area (Å²) in [5.74, 6) is -0.268. The Kier molecular flexibility index (Phi) is 4.30. The van der Waals surface area contributed by atoms with E-state index in [0.29, 0.717) is 24.2 Å². The Labute approximate surface area is 116 Å².